The maximum absolute atomic E-state index is 13.7. The molecule has 0 saturated carbocycles. The number of benzene rings is 2. The number of pyridine rings is 1. The SMILES string of the molecule is C[C@H](CC(O)O)Nc1nc2cc(O)ccc2c(-c2ccc(F)cc2)c1C1CCOCC1. The standard InChI is InChI=1S/C24H27FN2O4/c1-14(12-21(29)30)26-24-23(16-8-10-31-11-9-16)22(15-2-4-17(25)5-3-15)19-7-6-18(28)13-20(19)27-24/h2-7,13-14,16,21,28-30H,8-12H2,1H3,(H,26,27)/t14-/m1/s1. The lowest BCUT2D eigenvalue weighted by Crippen LogP contribution is -2.25. The first kappa shape index (κ1) is 21.5. The van der Waals surface area contributed by atoms with Crippen LogP contribution < -0.4 is 5.32 Å². The molecule has 4 N–H and O–H groups in total. The van der Waals surface area contributed by atoms with Gasteiger partial charge >= 0.3 is 0 Å². The highest BCUT2D eigenvalue weighted by Crippen LogP contribution is 2.43. The van der Waals surface area contributed by atoms with Gasteiger partial charge in [0.2, 0.25) is 0 Å². The maximum atomic E-state index is 13.7. The van der Waals surface area contributed by atoms with E-state index in [1.807, 2.05) is 13.0 Å². The molecular weight excluding hydrogens is 399 g/mol. The average Bonchev–Trinajstić information content (AvgIpc) is 2.73. The number of phenols is 1. The van der Waals surface area contributed by atoms with Crippen molar-refractivity contribution >= 4 is 16.7 Å². The van der Waals surface area contributed by atoms with E-state index in [2.05, 4.69) is 5.32 Å². The molecule has 1 fully saturated rings. The van der Waals surface area contributed by atoms with Crippen molar-refractivity contribution in [3.8, 4) is 16.9 Å². The molecule has 0 spiro atoms. The Hall–Kier alpha value is -2.74. The number of fused-ring (bicyclic) bond motifs is 1. The number of rotatable bonds is 6. The lowest BCUT2D eigenvalue weighted by Gasteiger charge is -2.29. The molecule has 4 rings (SSSR count). The fraction of sp³-hybridized carbons (Fsp3) is 0.375. The molecule has 0 unspecified atom stereocenters. The first-order valence-corrected chi connectivity index (χ1v) is 10.6. The van der Waals surface area contributed by atoms with E-state index in [9.17, 15) is 19.7 Å². The summed E-state index contributed by atoms with van der Waals surface area (Å²) in [5, 5.41) is 33.0. The summed E-state index contributed by atoms with van der Waals surface area (Å²) in [6, 6.07) is 11.2. The Kier molecular flexibility index (Phi) is 6.36. The zero-order chi connectivity index (χ0) is 22.0. The zero-order valence-electron chi connectivity index (χ0n) is 17.4. The molecule has 0 bridgehead atoms. The van der Waals surface area contributed by atoms with Crippen molar-refractivity contribution in [2.45, 2.75) is 44.4 Å². The summed E-state index contributed by atoms with van der Waals surface area (Å²) in [6.07, 6.45) is 0.352. The molecule has 0 aliphatic carbocycles. The Balaban J connectivity index is 1.96. The Morgan fingerprint density at radius 3 is 2.52 bits per heavy atom. The number of aliphatic hydroxyl groups is 2. The van der Waals surface area contributed by atoms with Gasteiger partial charge in [0.1, 0.15) is 17.4 Å². The van der Waals surface area contributed by atoms with Crippen molar-refractivity contribution in [2.75, 3.05) is 18.5 Å². The van der Waals surface area contributed by atoms with Crippen molar-refractivity contribution in [3.05, 3.63) is 53.8 Å². The van der Waals surface area contributed by atoms with Gasteiger partial charge in [-0.3, -0.25) is 0 Å². The molecular formula is C24H27FN2O4. The summed E-state index contributed by atoms with van der Waals surface area (Å²) in [4.78, 5) is 4.81. The highest BCUT2D eigenvalue weighted by atomic mass is 19.1. The molecule has 1 atom stereocenters. The number of hydrogen-bond acceptors (Lipinski definition) is 6. The fourth-order valence-electron chi connectivity index (χ4n) is 4.30. The number of nitrogens with one attached hydrogen (secondary N) is 1. The third-order valence-corrected chi connectivity index (χ3v) is 5.72. The van der Waals surface area contributed by atoms with Crippen LogP contribution in [0.15, 0.2) is 42.5 Å². The molecule has 0 amide bonds. The van der Waals surface area contributed by atoms with E-state index in [0.29, 0.717) is 24.5 Å². The van der Waals surface area contributed by atoms with Gasteiger partial charge in [0.05, 0.1) is 5.52 Å². The van der Waals surface area contributed by atoms with Crippen molar-refractivity contribution in [1.82, 2.24) is 4.98 Å². The van der Waals surface area contributed by atoms with E-state index in [1.165, 1.54) is 12.1 Å². The summed E-state index contributed by atoms with van der Waals surface area (Å²) in [5.41, 5.74) is 3.41. The fourth-order valence-corrected chi connectivity index (χ4v) is 4.30. The molecule has 2 aromatic carbocycles. The van der Waals surface area contributed by atoms with E-state index in [0.717, 1.165) is 34.9 Å². The Bertz CT molecular complexity index is 1050. The number of phenolic OH excluding ortho intramolecular Hbond substituents is 1. The second-order valence-electron chi connectivity index (χ2n) is 8.11. The van der Waals surface area contributed by atoms with Crippen molar-refractivity contribution in [1.29, 1.82) is 0 Å². The molecule has 1 aliphatic rings. The smallest absolute Gasteiger partial charge is 0.153 e. The van der Waals surface area contributed by atoms with Crippen LogP contribution in [-0.4, -0.2) is 45.8 Å². The molecule has 31 heavy (non-hydrogen) atoms. The quantitative estimate of drug-likeness (QED) is 0.443. The first-order chi connectivity index (χ1) is 14.9. The molecule has 6 nitrogen and oxygen atoms in total. The highest BCUT2D eigenvalue weighted by Gasteiger charge is 2.27. The minimum Gasteiger partial charge on any atom is -0.508 e. The van der Waals surface area contributed by atoms with Crippen molar-refractivity contribution < 1.29 is 24.4 Å². The second-order valence-corrected chi connectivity index (χ2v) is 8.11. The van der Waals surface area contributed by atoms with Gasteiger partial charge in [-0.2, -0.15) is 0 Å². The van der Waals surface area contributed by atoms with Gasteiger partial charge in [0.25, 0.3) is 0 Å². The van der Waals surface area contributed by atoms with Gasteiger partial charge < -0.3 is 25.4 Å². The van der Waals surface area contributed by atoms with E-state index < -0.39 is 6.29 Å². The molecule has 0 radical (unpaired) electrons. The number of aromatic nitrogens is 1. The predicted molar refractivity (Wildman–Crippen MR) is 118 cm³/mol. The van der Waals surface area contributed by atoms with Gasteiger partial charge in [-0.25, -0.2) is 9.37 Å². The van der Waals surface area contributed by atoms with Gasteiger partial charge in [-0.15, -0.1) is 0 Å². The second kappa shape index (κ2) is 9.18. The molecule has 1 saturated heterocycles. The summed E-state index contributed by atoms with van der Waals surface area (Å²) < 4.78 is 19.2. The largest absolute Gasteiger partial charge is 0.508 e. The van der Waals surface area contributed by atoms with E-state index in [4.69, 9.17) is 9.72 Å². The van der Waals surface area contributed by atoms with Crippen LogP contribution in [0.4, 0.5) is 10.2 Å². The number of anilines is 1. The predicted octanol–water partition coefficient (Wildman–Crippen LogP) is 4.14. The monoisotopic (exact) mass is 426 g/mol. The molecule has 7 heteroatoms. The van der Waals surface area contributed by atoms with Crippen molar-refractivity contribution in [2.24, 2.45) is 0 Å². The number of hydrogen-bond donors (Lipinski definition) is 4. The number of nitrogens with zero attached hydrogens (tertiary/aromatic N) is 1. The van der Waals surface area contributed by atoms with Crippen LogP contribution in [-0.2, 0) is 4.74 Å². The van der Waals surface area contributed by atoms with Crippen LogP contribution in [0.25, 0.3) is 22.0 Å². The number of ether oxygens (including phenoxy) is 1. The summed E-state index contributed by atoms with van der Waals surface area (Å²) >= 11 is 0. The van der Waals surface area contributed by atoms with Gasteiger partial charge in [0.15, 0.2) is 6.29 Å². The third kappa shape index (κ3) is 4.79. The number of aliphatic hydroxyl groups excluding tert-OH is 1. The first-order valence-electron chi connectivity index (χ1n) is 10.6. The van der Waals surface area contributed by atoms with Crippen LogP contribution in [0, 0.1) is 5.82 Å². The van der Waals surface area contributed by atoms with Crippen LogP contribution in [0.2, 0.25) is 0 Å². The Labute approximate surface area is 180 Å². The minimum atomic E-state index is -1.44. The van der Waals surface area contributed by atoms with Gasteiger partial charge in [-0.05, 0) is 61.1 Å². The minimum absolute atomic E-state index is 0.105. The average molecular weight is 426 g/mol. The lowest BCUT2D eigenvalue weighted by molar-refractivity contribution is -0.0471. The van der Waals surface area contributed by atoms with Gasteiger partial charge in [0, 0.05) is 42.7 Å². The van der Waals surface area contributed by atoms with Gasteiger partial charge in [-0.1, -0.05) is 12.1 Å². The van der Waals surface area contributed by atoms with E-state index in [-0.39, 0.29) is 29.9 Å². The summed E-state index contributed by atoms with van der Waals surface area (Å²) in [5.74, 6) is 0.607. The van der Waals surface area contributed by atoms with E-state index >= 15 is 0 Å². The van der Waals surface area contributed by atoms with Crippen LogP contribution >= 0.6 is 0 Å². The zero-order valence-corrected chi connectivity index (χ0v) is 17.4. The molecule has 2 heterocycles. The summed E-state index contributed by atoms with van der Waals surface area (Å²) in [7, 11) is 0. The molecule has 164 valence electrons. The maximum Gasteiger partial charge on any atom is 0.153 e. The van der Waals surface area contributed by atoms with Crippen LogP contribution in [0.1, 0.15) is 37.7 Å². The number of aromatic hydroxyl groups is 1. The van der Waals surface area contributed by atoms with Crippen LogP contribution in [0.5, 0.6) is 5.75 Å². The van der Waals surface area contributed by atoms with E-state index in [1.54, 1.807) is 24.3 Å². The van der Waals surface area contributed by atoms with Crippen LogP contribution in [0.3, 0.4) is 0 Å². The Morgan fingerprint density at radius 1 is 1.13 bits per heavy atom. The number of halogens is 1. The molecule has 1 aliphatic heterocycles. The summed E-state index contributed by atoms with van der Waals surface area (Å²) in [6.45, 7) is 3.15. The lowest BCUT2D eigenvalue weighted by atomic mass is 9.84. The molecule has 1 aromatic heterocycles. The highest BCUT2D eigenvalue weighted by molar-refractivity contribution is 5.99. The normalized spacial score (nSPS) is 16.0. The Morgan fingerprint density at radius 2 is 1.84 bits per heavy atom. The third-order valence-electron chi connectivity index (χ3n) is 5.72. The molecule has 3 aromatic rings. The topological polar surface area (TPSA) is 94.8 Å². The van der Waals surface area contributed by atoms with Crippen molar-refractivity contribution in [3.63, 3.8) is 0 Å².